The molecule has 0 aromatic carbocycles. The smallest absolute Gasteiger partial charge is 0.203 e. The van der Waals surface area contributed by atoms with E-state index in [-0.39, 0.29) is 6.10 Å². The monoisotopic (exact) mass is 158 g/mol. The lowest BCUT2D eigenvalue weighted by atomic mass is 10.3. The van der Waals surface area contributed by atoms with Crippen LogP contribution in [0.5, 0.6) is 0 Å². The van der Waals surface area contributed by atoms with Gasteiger partial charge in [0, 0.05) is 21.1 Å². The Labute approximate surface area is 66.8 Å². The summed E-state index contributed by atoms with van der Waals surface area (Å²) < 4.78 is 10.4. The molecule has 4 heteroatoms. The summed E-state index contributed by atoms with van der Waals surface area (Å²) in [6.45, 7) is 3.26. The molecule has 1 aliphatic rings. The molecule has 0 aromatic heterocycles. The van der Waals surface area contributed by atoms with Crippen molar-refractivity contribution in [3.05, 3.63) is 0 Å². The van der Waals surface area contributed by atoms with Crippen molar-refractivity contribution in [1.29, 1.82) is 0 Å². The zero-order chi connectivity index (χ0) is 8.27. The van der Waals surface area contributed by atoms with Crippen LogP contribution < -0.4 is 0 Å². The van der Waals surface area contributed by atoms with Gasteiger partial charge in [-0.2, -0.15) is 0 Å². The topological polar surface area (TPSA) is 34.1 Å². The zero-order valence-electron chi connectivity index (χ0n) is 7.20. The summed E-state index contributed by atoms with van der Waals surface area (Å²) in [6, 6.07) is 0. The summed E-state index contributed by atoms with van der Waals surface area (Å²) >= 11 is 0. The Morgan fingerprint density at radius 1 is 1.82 bits per heavy atom. The summed E-state index contributed by atoms with van der Waals surface area (Å²) in [5.41, 5.74) is 0. The maximum atomic E-state index is 5.38. The van der Waals surface area contributed by atoms with Gasteiger partial charge in [-0.05, 0) is 0 Å². The molecule has 0 amide bonds. The van der Waals surface area contributed by atoms with Crippen molar-refractivity contribution in [1.82, 2.24) is 5.01 Å². The van der Waals surface area contributed by atoms with E-state index in [2.05, 4.69) is 5.10 Å². The Morgan fingerprint density at radius 2 is 2.55 bits per heavy atom. The van der Waals surface area contributed by atoms with Crippen LogP contribution in [0.15, 0.2) is 5.10 Å². The Balaban J connectivity index is 2.43. The lowest BCUT2D eigenvalue weighted by Gasteiger charge is -2.27. The number of methoxy groups -OCH3 is 1. The first-order valence-corrected chi connectivity index (χ1v) is 3.64. The molecule has 11 heavy (non-hydrogen) atoms. The number of hydrogen-bond donors (Lipinski definition) is 0. The third-order valence-electron chi connectivity index (χ3n) is 1.47. The second kappa shape index (κ2) is 3.57. The van der Waals surface area contributed by atoms with E-state index >= 15 is 0 Å². The molecular weight excluding hydrogens is 144 g/mol. The van der Waals surface area contributed by atoms with Gasteiger partial charge in [0.2, 0.25) is 5.90 Å². The van der Waals surface area contributed by atoms with Gasteiger partial charge >= 0.3 is 0 Å². The highest BCUT2D eigenvalue weighted by Gasteiger charge is 2.17. The highest BCUT2D eigenvalue weighted by Crippen LogP contribution is 2.04. The first-order chi connectivity index (χ1) is 5.22. The highest BCUT2D eigenvalue weighted by atomic mass is 16.5. The van der Waals surface area contributed by atoms with E-state index in [1.54, 1.807) is 7.11 Å². The van der Waals surface area contributed by atoms with Crippen molar-refractivity contribution in [3.63, 3.8) is 0 Å². The van der Waals surface area contributed by atoms with E-state index in [4.69, 9.17) is 9.47 Å². The molecule has 4 nitrogen and oxygen atoms in total. The fraction of sp³-hybridized carbons (Fsp3) is 0.857. The van der Waals surface area contributed by atoms with Crippen LogP contribution in [0.4, 0.5) is 0 Å². The SMILES string of the molecule is COCC1CN(C)N=C(C)O1. The van der Waals surface area contributed by atoms with Crippen molar-refractivity contribution in [3.8, 4) is 0 Å². The second-order valence-electron chi connectivity index (χ2n) is 2.65. The summed E-state index contributed by atoms with van der Waals surface area (Å²) in [6.07, 6.45) is 0.127. The van der Waals surface area contributed by atoms with E-state index in [1.807, 2.05) is 19.0 Å². The van der Waals surface area contributed by atoms with E-state index in [0.717, 1.165) is 6.54 Å². The predicted octanol–water partition coefficient (Wildman–Crippen LogP) is 0.297. The molecule has 1 rings (SSSR count). The minimum atomic E-state index is 0.127. The van der Waals surface area contributed by atoms with Crippen LogP contribution in [0.3, 0.4) is 0 Å². The number of ether oxygens (including phenoxy) is 2. The van der Waals surface area contributed by atoms with Gasteiger partial charge in [-0.15, -0.1) is 5.10 Å². The molecular formula is C7H14N2O2. The maximum Gasteiger partial charge on any atom is 0.203 e. The van der Waals surface area contributed by atoms with Crippen molar-refractivity contribution in [2.24, 2.45) is 5.10 Å². The van der Waals surface area contributed by atoms with Gasteiger partial charge in [-0.3, -0.25) is 5.01 Å². The molecule has 0 N–H and O–H groups in total. The Hall–Kier alpha value is -0.770. The van der Waals surface area contributed by atoms with Crippen molar-refractivity contribution < 1.29 is 9.47 Å². The van der Waals surface area contributed by atoms with Crippen LogP contribution in [0, 0.1) is 0 Å². The summed E-state index contributed by atoms with van der Waals surface area (Å²) in [5.74, 6) is 0.709. The minimum Gasteiger partial charge on any atom is -0.472 e. The Kier molecular flexibility index (Phi) is 2.70. The molecule has 0 fully saturated rings. The lowest BCUT2D eigenvalue weighted by molar-refractivity contribution is 0.0336. The first-order valence-electron chi connectivity index (χ1n) is 3.64. The van der Waals surface area contributed by atoms with Crippen LogP contribution in [0.2, 0.25) is 0 Å². The third kappa shape index (κ3) is 2.38. The van der Waals surface area contributed by atoms with Gasteiger partial charge in [0.05, 0.1) is 13.2 Å². The molecule has 1 heterocycles. The van der Waals surface area contributed by atoms with Crippen LogP contribution in [0.1, 0.15) is 6.92 Å². The highest BCUT2D eigenvalue weighted by molar-refractivity contribution is 5.73. The quantitative estimate of drug-likeness (QED) is 0.579. The standard InChI is InChI=1S/C7H14N2O2/c1-6-8-9(2)4-7(11-6)5-10-3/h7H,4-5H2,1-3H3. The Morgan fingerprint density at radius 3 is 3.09 bits per heavy atom. The van der Waals surface area contributed by atoms with Crippen LogP contribution in [0.25, 0.3) is 0 Å². The average Bonchev–Trinajstić information content (AvgIpc) is 1.85. The first kappa shape index (κ1) is 8.33. The fourth-order valence-electron chi connectivity index (χ4n) is 1.15. The van der Waals surface area contributed by atoms with E-state index < -0.39 is 0 Å². The number of likely N-dealkylation sites (N-methyl/N-ethyl adjacent to an activating group) is 1. The molecule has 0 aliphatic carbocycles. The molecule has 64 valence electrons. The van der Waals surface area contributed by atoms with Gasteiger partial charge in [0.1, 0.15) is 6.10 Å². The number of hydrazone groups is 1. The van der Waals surface area contributed by atoms with Gasteiger partial charge in [0.25, 0.3) is 0 Å². The molecule has 1 unspecified atom stereocenters. The minimum absolute atomic E-state index is 0.127. The largest absolute Gasteiger partial charge is 0.472 e. The molecule has 0 saturated heterocycles. The van der Waals surface area contributed by atoms with E-state index in [0.29, 0.717) is 12.5 Å². The lowest BCUT2D eigenvalue weighted by Crippen LogP contribution is -2.37. The normalized spacial score (nSPS) is 24.5. The van der Waals surface area contributed by atoms with Crippen LogP contribution in [-0.4, -0.2) is 44.3 Å². The molecule has 0 spiro atoms. The van der Waals surface area contributed by atoms with Gasteiger partial charge in [-0.1, -0.05) is 0 Å². The number of nitrogens with zero attached hydrogens (tertiary/aromatic N) is 2. The molecule has 1 atom stereocenters. The fourth-order valence-corrected chi connectivity index (χ4v) is 1.15. The number of rotatable bonds is 2. The summed E-state index contributed by atoms with van der Waals surface area (Å²) in [7, 11) is 3.60. The van der Waals surface area contributed by atoms with Crippen molar-refractivity contribution >= 4 is 5.90 Å². The summed E-state index contributed by atoms with van der Waals surface area (Å²) in [4.78, 5) is 0. The second-order valence-corrected chi connectivity index (χ2v) is 2.65. The number of hydrogen-bond acceptors (Lipinski definition) is 4. The van der Waals surface area contributed by atoms with Gasteiger partial charge in [-0.25, -0.2) is 0 Å². The van der Waals surface area contributed by atoms with Crippen molar-refractivity contribution in [2.75, 3.05) is 27.3 Å². The Bertz CT molecular complexity index is 159. The van der Waals surface area contributed by atoms with Crippen LogP contribution >= 0.6 is 0 Å². The van der Waals surface area contributed by atoms with Crippen LogP contribution in [-0.2, 0) is 9.47 Å². The van der Waals surface area contributed by atoms with Crippen molar-refractivity contribution in [2.45, 2.75) is 13.0 Å². The summed E-state index contributed by atoms with van der Waals surface area (Å²) in [5, 5.41) is 5.95. The molecule has 0 aromatic rings. The molecule has 0 bridgehead atoms. The molecule has 0 radical (unpaired) electrons. The molecule has 1 aliphatic heterocycles. The third-order valence-corrected chi connectivity index (χ3v) is 1.47. The van der Waals surface area contributed by atoms with Gasteiger partial charge in [0.15, 0.2) is 0 Å². The van der Waals surface area contributed by atoms with Gasteiger partial charge < -0.3 is 9.47 Å². The van der Waals surface area contributed by atoms with E-state index in [1.165, 1.54) is 0 Å². The molecule has 0 saturated carbocycles. The predicted molar refractivity (Wildman–Crippen MR) is 42.5 cm³/mol. The zero-order valence-corrected chi connectivity index (χ0v) is 7.20. The average molecular weight is 158 g/mol. The van der Waals surface area contributed by atoms with E-state index in [9.17, 15) is 0 Å². The maximum absolute atomic E-state index is 5.38.